The summed E-state index contributed by atoms with van der Waals surface area (Å²) in [6.45, 7) is 14.5. The number of pyridine rings is 2. The van der Waals surface area contributed by atoms with Crippen molar-refractivity contribution >= 4 is 12.0 Å². The van der Waals surface area contributed by atoms with Gasteiger partial charge < -0.3 is 15.4 Å². The molecule has 0 saturated heterocycles. The van der Waals surface area contributed by atoms with E-state index in [9.17, 15) is 9.59 Å². The fourth-order valence-electron chi connectivity index (χ4n) is 4.28. The van der Waals surface area contributed by atoms with E-state index in [1.807, 2.05) is 46.8 Å². The second-order valence-corrected chi connectivity index (χ2v) is 11.1. The zero-order chi connectivity index (χ0) is 27.9. The molecule has 7 nitrogen and oxygen atoms in total. The maximum atomic E-state index is 13.1. The van der Waals surface area contributed by atoms with Crippen LogP contribution in [0.4, 0.5) is 4.79 Å². The molecule has 0 radical (unpaired) electrons. The number of amides is 2. The molecule has 0 aliphatic carbocycles. The predicted molar refractivity (Wildman–Crippen MR) is 151 cm³/mol. The minimum absolute atomic E-state index is 0.102. The monoisotopic (exact) mass is 516 g/mol. The number of nitrogens with zero attached hydrogens (tertiary/aromatic N) is 2. The second-order valence-electron chi connectivity index (χ2n) is 11.1. The van der Waals surface area contributed by atoms with Crippen LogP contribution in [0.2, 0.25) is 0 Å². The Labute approximate surface area is 226 Å². The van der Waals surface area contributed by atoms with Gasteiger partial charge >= 0.3 is 6.09 Å². The molecule has 0 aliphatic rings. The molecule has 0 atom stereocenters. The van der Waals surface area contributed by atoms with Crippen LogP contribution in [0.1, 0.15) is 68.3 Å². The second kappa shape index (κ2) is 12.7. The van der Waals surface area contributed by atoms with Crippen LogP contribution < -0.4 is 10.6 Å². The van der Waals surface area contributed by atoms with Crippen molar-refractivity contribution in [1.29, 1.82) is 0 Å². The summed E-state index contributed by atoms with van der Waals surface area (Å²) in [5.41, 5.74) is 6.91. The van der Waals surface area contributed by atoms with Crippen LogP contribution in [0, 0.1) is 19.8 Å². The third kappa shape index (κ3) is 8.40. The minimum atomic E-state index is -0.603. The summed E-state index contributed by atoms with van der Waals surface area (Å²) >= 11 is 0. The van der Waals surface area contributed by atoms with Crippen molar-refractivity contribution in [2.45, 2.75) is 80.0 Å². The van der Waals surface area contributed by atoms with Crippen LogP contribution in [-0.4, -0.2) is 27.6 Å². The van der Waals surface area contributed by atoms with Crippen molar-refractivity contribution in [2.75, 3.05) is 0 Å². The topological polar surface area (TPSA) is 93.2 Å². The largest absolute Gasteiger partial charge is 0.444 e. The Morgan fingerprint density at radius 2 is 1.68 bits per heavy atom. The van der Waals surface area contributed by atoms with Crippen LogP contribution in [0.25, 0.3) is 11.1 Å². The molecule has 2 N–H and O–H groups in total. The number of rotatable bonds is 9. The van der Waals surface area contributed by atoms with Crippen molar-refractivity contribution in [3.8, 4) is 11.1 Å². The van der Waals surface area contributed by atoms with Gasteiger partial charge in [0.2, 0.25) is 5.91 Å². The van der Waals surface area contributed by atoms with Crippen molar-refractivity contribution in [1.82, 2.24) is 20.6 Å². The molecule has 3 rings (SSSR count). The van der Waals surface area contributed by atoms with Gasteiger partial charge in [0.25, 0.3) is 0 Å². The first-order valence-corrected chi connectivity index (χ1v) is 13.1. The zero-order valence-electron chi connectivity index (χ0n) is 23.6. The minimum Gasteiger partial charge on any atom is -0.444 e. The molecule has 1 aromatic carbocycles. The van der Waals surface area contributed by atoms with E-state index in [1.54, 1.807) is 12.4 Å². The number of benzene rings is 1. The average Bonchev–Trinajstić information content (AvgIpc) is 2.83. The molecular formula is C31H40N4O3. The van der Waals surface area contributed by atoms with Crippen molar-refractivity contribution in [3.63, 3.8) is 0 Å². The number of carbonyl (C=O) groups is 2. The molecule has 0 aliphatic heterocycles. The summed E-state index contributed by atoms with van der Waals surface area (Å²) in [5, 5.41) is 5.94. The molecule has 202 valence electrons. The standard InChI is InChI=1S/C31H40N4O3/c1-20(2)15-27-26(19-34-30(37)38-31(5,6)7)29(24-12-10-21(3)11-13-24)25(22(4)35-27)16-28(36)33-18-23-9-8-14-32-17-23/h8-14,17,20H,15-16,18-19H2,1-7H3,(H,33,36)(H,34,37). The molecule has 0 unspecified atom stereocenters. The Hall–Kier alpha value is -3.74. The van der Waals surface area contributed by atoms with Crippen LogP contribution in [0.15, 0.2) is 48.8 Å². The number of hydrogen-bond donors (Lipinski definition) is 2. The van der Waals surface area contributed by atoms with E-state index in [4.69, 9.17) is 9.72 Å². The lowest BCUT2D eigenvalue weighted by atomic mass is 9.88. The van der Waals surface area contributed by atoms with E-state index in [0.717, 1.165) is 51.2 Å². The SMILES string of the molecule is Cc1ccc(-c2c(CC(=O)NCc3cccnc3)c(C)nc(CC(C)C)c2CNC(=O)OC(C)(C)C)cc1. The third-order valence-electron chi connectivity index (χ3n) is 5.99. The van der Waals surface area contributed by atoms with Crippen LogP contribution in [0.3, 0.4) is 0 Å². The smallest absolute Gasteiger partial charge is 0.407 e. The quantitative estimate of drug-likeness (QED) is 0.373. The fourth-order valence-corrected chi connectivity index (χ4v) is 4.28. The van der Waals surface area contributed by atoms with Gasteiger partial charge in [-0.25, -0.2) is 4.79 Å². The summed E-state index contributed by atoms with van der Waals surface area (Å²) in [6.07, 6.45) is 3.88. The molecule has 0 spiro atoms. The molecule has 0 bridgehead atoms. The summed E-state index contributed by atoms with van der Waals surface area (Å²) in [5.74, 6) is 0.261. The number of hydrogen-bond acceptors (Lipinski definition) is 5. The number of aromatic nitrogens is 2. The average molecular weight is 517 g/mol. The van der Waals surface area contributed by atoms with Gasteiger partial charge in [0.05, 0.1) is 6.42 Å². The van der Waals surface area contributed by atoms with E-state index in [0.29, 0.717) is 12.5 Å². The molecule has 38 heavy (non-hydrogen) atoms. The first-order chi connectivity index (χ1) is 17.9. The van der Waals surface area contributed by atoms with Gasteiger partial charge in [-0.2, -0.15) is 0 Å². The highest BCUT2D eigenvalue weighted by molar-refractivity contribution is 5.84. The number of nitrogens with one attached hydrogen (secondary N) is 2. The lowest BCUT2D eigenvalue weighted by Gasteiger charge is -2.23. The summed E-state index contributed by atoms with van der Waals surface area (Å²) in [6, 6.07) is 12.0. The Balaban J connectivity index is 2.03. The van der Waals surface area contributed by atoms with E-state index < -0.39 is 11.7 Å². The van der Waals surface area contributed by atoms with Crippen molar-refractivity contribution < 1.29 is 14.3 Å². The highest BCUT2D eigenvalue weighted by Gasteiger charge is 2.23. The first-order valence-electron chi connectivity index (χ1n) is 13.1. The van der Waals surface area contributed by atoms with E-state index in [2.05, 4.69) is 53.7 Å². The summed E-state index contributed by atoms with van der Waals surface area (Å²) in [4.78, 5) is 34.8. The van der Waals surface area contributed by atoms with Gasteiger partial charge in [-0.3, -0.25) is 14.8 Å². The molecule has 2 aromatic heterocycles. The molecule has 0 fully saturated rings. The normalized spacial score (nSPS) is 11.4. The maximum absolute atomic E-state index is 13.1. The van der Waals surface area contributed by atoms with E-state index >= 15 is 0 Å². The lowest BCUT2D eigenvalue weighted by molar-refractivity contribution is -0.120. The molecule has 0 saturated carbocycles. The number of ether oxygens (including phenoxy) is 1. The van der Waals surface area contributed by atoms with Gasteiger partial charge in [-0.1, -0.05) is 49.7 Å². The highest BCUT2D eigenvalue weighted by Crippen LogP contribution is 2.33. The molecule has 2 heterocycles. The van der Waals surface area contributed by atoms with Gasteiger partial charge in [-0.05, 0) is 75.3 Å². The van der Waals surface area contributed by atoms with Crippen LogP contribution in [0.5, 0.6) is 0 Å². The van der Waals surface area contributed by atoms with Gasteiger partial charge in [0.1, 0.15) is 5.60 Å². The Bertz CT molecular complexity index is 1250. The van der Waals surface area contributed by atoms with Crippen LogP contribution in [-0.2, 0) is 35.5 Å². The molecule has 2 amide bonds. The Morgan fingerprint density at radius 1 is 0.974 bits per heavy atom. The Kier molecular flexibility index (Phi) is 9.61. The van der Waals surface area contributed by atoms with E-state index in [-0.39, 0.29) is 18.9 Å². The van der Waals surface area contributed by atoms with Crippen LogP contribution >= 0.6 is 0 Å². The number of alkyl carbamates (subject to hydrolysis) is 1. The fraction of sp³-hybridized carbons (Fsp3) is 0.419. The third-order valence-corrected chi connectivity index (χ3v) is 5.99. The first kappa shape index (κ1) is 28.8. The molecule has 7 heteroatoms. The molecular weight excluding hydrogens is 476 g/mol. The zero-order valence-corrected chi connectivity index (χ0v) is 23.6. The number of aryl methyl sites for hydroxylation is 2. The molecule has 3 aromatic rings. The van der Waals surface area contributed by atoms with Gasteiger partial charge in [0.15, 0.2) is 0 Å². The lowest BCUT2D eigenvalue weighted by Crippen LogP contribution is -2.33. The maximum Gasteiger partial charge on any atom is 0.407 e. The van der Waals surface area contributed by atoms with E-state index in [1.165, 1.54) is 0 Å². The summed E-state index contributed by atoms with van der Waals surface area (Å²) in [7, 11) is 0. The van der Waals surface area contributed by atoms with Gasteiger partial charge in [-0.15, -0.1) is 0 Å². The predicted octanol–water partition coefficient (Wildman–Crippen LogP) is 5.84. The van der Waals surface area contributed by atoms with Gasteiger partial charge in [0, 0.05) is 42.4 Å². The van der Waals surface area contributed by atoms with Crippen molar-refractivity contribution in [2.24, 2.45) is 5.92 Å². The number of carbonyl (C=O) groups excluding carboxylic acids is 2. The highest BCUT2D eigenvalue weighted by atomic mass is 16.6. The Morgan fingerprint density at radius 3 is 2.29 bits per heavy atom. The summed E-state index contributed by atoms with van der Waals surface area (Å²) < 4.78 is 5.49. The van der Waals surface area contributed by atoms with Crippen molar-refractivity contribution in [3.05, 3.63) is 82.4 Å².